The van der Waals surface area contributed by atoms with E-state index in [-0.39, 0.29) is 38.2 Å². The van der Waals surface area contributed by atoms with E-state index in [0.29, 0.717) is 21.2 Å². The van der Waals surface area contributed by atoms with Crippen molar-refractivity contribution in [1.82, 2.24) is 28.2 Å². The molecule has 0 bridgehead atoms. The Kier molecular flexibility index (Phi) is 9.01. The Bertz CT molecular complexity index is 2630. The van der Waals surface area contributed by atoms with Crippen LogP contribution in [-0.4, -0.2) is 46.8 Å². The van der Waals surface area contributed by atoms with Gasteiger partial charge in [0, 0.05) is 34.8 Å². The van der Waals surface area contributed by atoms with E-state index < -0.39 is 38.0 Å². The molecule has 0 spiro atoms. The molecule has 1 N–H and O–H groups in total. The van der Waals surface area contributed by atoms with E-state index in [2.05, 4.69) is 36.2 Å². The van der Waals surface area contributed by atoms with E-state index in [4.69, 9.17) is 4.42 Å². The molecule has 0 fully saturated rings. The van der Waals surface area contributed by atoms with Crippen LogP contribution in [0.5, 0.6) is 0 Å². The van der Waals surface area contributed by atoms with Crippen LogP contribution in [0.2, 0.25) is 0 Å². The van der Waals surface area contributed by atoms with Crippen LogP contribution in [0.1, 0.15) is 17.2 Å². The van der Waals surface area contributed by atoms with E-state index >= 15 is 8.78 Å². The van der Waals surface area contributed by atoms with Gasteiger partial charge in [-0.2, -0.15) is 8.78 Å². The summed E-state index contributed by atoms with van der Waals surface area (Å²) >= 11 is 3.31. The number of rotatable bonds is 10. The van der Waals surface area contributed by atoms with Gasteiger partial charge in [-0.05, 0) is 91.0 Å². The average Bonchev–Trinajstić information content (AvgIpc) is 3.91. The number of aromatic nitrogens is 5. The minimum absolute atomic E-state index is 0.0234. The van der Waals surface area contributed by atoms with E-state index in [1.165, 1.54) is 104 Å². The van der Waals surface area contributed by atoms with Crippen LogP contribution in [0.4, 0.5) is 8.78 Å². The van der Waals surface area contributed by atoms with Gasteiger partial charge in [0.2, 0.25) is 17.8 Å². The van der Waals surface area contributed by atoms with Gasteiger partial charge in [0.25, 0.3) is 20.0 Å². The van der Waals surface area contributed by atoms with Crippen LogP contribution < -0.4 is 5.32 Å². The zero-order valence-electron chi connectivity index (χ0n) is 26.4. The van der Waals surface area contributed by atoms with Crippen molar-refractivity contribution in [2.45, 2.75) is 15.8 Å². The minimum Gasteiger partial charge on any atom is -0.445 e. The zero-order valence-corrected chi connectivity index (χ0v) is 29.6. The smallest absolute Gasteiger partial charge is 0.268 e. The molecule has 16 heteroatoms. The molecular weight excluding hydrogens is 766 g/mol. The van der Waals surface area contributed by atoms with Gasteiger partial charge < -0.3 is 9.73 Å². The lowest BCUT2D eigenvalue weighted by molar-refractivity contribution is 0.574. The molecule has 11 nitrogen and oxygen atoms in total. The number of benzene rings is 2. The highest BCUT2D eigenvalue weighted by molar-refractivity contribution is 9.10. The monoisotopic (exact) mass is 790 g/mol. The molecule has 258 valence electrons. The maximum absolute atomic E-state index is 15.2. The van der Waals surface area contributed by atoms with Crippen LogP contribution in [0, 0.1) is 11.9 Å². The summed E-state index contributed by atoms with van der Waals surface area (Å²) in [6.45, 7) is 0. The van der Waals surface area contributed by atoms with Crippen LogP contribution in [0.3, 0.4) is 0 Å². The van der Waals surface area contributed by atoms with E-state index in [0.717, 1.165) is 7.94 Å². The standard InChI is InChI=1S/C35H25BrF2N6O5S2/c1-39-32(24-18-31(29-11-5-13-41-34(29)38)44(21-24)51(47,48)27-9-3-7-25(36)19-27)23-17-30(28-10-4-12-40-33(28)37)43(20-23)50(45,46)26-8-2-6-22(16-26)35-42-14-15-49-35/h2-21,32,39H,1H3. The lowest BCUT2D eigenvalue weighted by Crippen LogP contribution is -2.18. The third-order valence-electron chi connectivity index (χ3n) is 8.06. The molecule has 7 aromatic rings. The first-order chi connectivity index (χ1) is 24.5. The molecule has 0 aliphatic heterocycles. The van der Waals surface area contributed by atoms with Crippen LogP contribution in [0.25, 0.3) is 34.0 Å². The van der Waals surface area contributed by atoms with E-state index in [1.807, 2.05) is 0 Å². The first-order valence-electron chi connectivity index (χ1n) is 15.1. The van der Waals surface area contributed by atoms with E-state index in [9.17, 15) is 16.8 Å². The van der Waals surface area contributed by atoms with Crippen molar-refractivity contribution in [2.75, 3.05) is 7.05 Å². The Morgan fingerprint density at radius 1 is 0.706 bits per heavy atom. The quantitative estimate of drug-likeness (QED) is 0.147. The molecule has 0 aliphatic carbocycles. The highest BCUT2D eigenvalue weighted by Crippen LogP contribution is 2.37. The summed E-state index contributed by atoms with van der Waals surface area (Å²) in [7, 11) is -7.12. The summed E-state index contributed by atoms with van der Waals surface area (Å²) in [5.41, 5.74) is 0.798. The van der Waals surface area contributed by atoms with Gasteiger partial charge in [0.15, 0.2) is 0 Å². The van der Waals surface area contributed by atoms with Crippen LogP contribution in [-0.2, 0) is 20.0 Å². The highest BCUT2D eigenvalue weighted by atomic mass is 79.9. The second kappa shape index (κ2) is 13.4. The normalized spacial score (nSPS) is 12.6. The molecule has 0 aliphatic rings. The molecule has 0 amide bonds. The Labute approximate surface area is 299 Å². The Hall–Kier alpha value is -5.29. The topological polar surface area (TPSA) is 142 Å². The van der Waals surface area contributed by atoms with Crippen molar-refractivity contribution in [3.05, 3.63) is 150 Å². The summed E-state index contributed by atoms with van der Waals surface area (Å²) < 4.78 is 95.0. The lowest BCUT2D eigenvalue weighted by atomic mass is 10.0. The third kappa shape index (κ3) is 6.31. The van der Waals surface area contributed by atoms with Crippen molar-refractivity contribution in [3.63, 3.8) is 0 Å². The largest absolute Gasteiger partial charge is 0.445 e. The molecule has 51 heavy (non-hydrogen) atoms. The predicted molar refractivity (Wildman–Crippen MR) is 187 cm³/mol. The summed E-state index contributed by atoms with van der Waals surface area (Å²) in [5, 5.41) is 3.10. The first-order valence-corrected chi connectivity index (χ1v) is 18.8. The first kappa shape index (κ1) is 34.2. The molecule has 7 rings (SSSR count). The van der Waals surface area contributed by atoms with Crippen molar-refractivity contribution in [1.29, 1.82) is 0 Å². The summed E-state index contributed by atoms with van der Waals surface area (Å²) in [6.07, 6.45) is 7.93. The minimum atomic E-state index is -4.40. The molecule has 5 aromatic heterocycles. The van der Waals surface area contributed by atoms with Gasteiger partial charge in [0.1, 0.15) is 6.26 Å². The number of nitrogens with one attached hydrogen (secondary N) is 1. The fraction of sp³-hybridized carbons (Fsp3) is 0.0571. The van der Waals surface area contributed by atoms with Gasteiger partial charge >= 0.3 is 0 Å². The fourth-order valence-electron chi connectivity index (χ4n) is 5.72. The molecule has 0 saturated heterocycles. The summed E-state index contributed by atoms with van der Waals surface area (Å²) in [4.78, 5) is 11.3. The summed E-state index contributed by atoms with van der Waals surface area (Å²) in [5.74, 6) is -1.60. The van der Waals surface area contributed by atoms with Gasteiger partial charge in [0.05, 0.1) is 44.5 Å². The number of oxazole rings is 1. The fourth-order valence-corrected chi connectivity index (χ4v) is 9.12. The van der Waals surface area contributed by atoms with Crippen molar-refractivity contribution >= 4 is 36.0 Å². The molecule has 0 radical (unpaired) electrons. The number of hydrogen-bond acceptors (Lipinski definition) is 9. The van der Waals surface area contributed by atoms with Gasteiger partial charge in [-0.25, -0.2) is 39.7 Å². The lowest BCUT2D eigenvalue weighted by Gasteiger charge is -2.14. The highest BCUT2D eigenvalue weighted by Gasteiger charge is 2.30. The molecule has 0 saturated carbocycles. The van der Waals surface area contributed by atoms with Crippen LogP contribution >= 0.6 is 15.9 Å². The third-order valence-corrected chi connectivity index (χ3v) is 11.9. The van der Waals surface area contributed by atoms with Crippen molar-refractivity contribution in [2.24, 2.45) is 0 Å². The zero-order chi connectivity index (χ0) is 35.9. The number of pyridine rings is 2. The predicted octanol–water partition coefficient (Wildman–Crippen LogP) is 6.89. The molecular formula is C35H25BrF2N6O5S2. The second-order valence-electron chi connectivity index (χ2n) is 11.1. The second-order valence-corrected chi connectivity index (χ2v) is 15.7. The van der Waals surface area contributed by atoms with Gasteiger partial charge in [-0.3, -0.25) is 0 Å². The Morgan fingerprint density at radius 3 is 1.75 bits per heavy atom. The molecule has 1 atom stereocenters. The SMILES string of the molecule is CNC(c1cc(-c2cccnc2F)n(S(=O)(=O)c2cccc(Br)c2)c1)c1cc(-c2cccnc2F)n(S(=O)(=O)c2cccc(-c3ncco3)c2)c1. The average molecular weight is 792 g/mol. The Balaban J connectivity index is 1.41. The number of nitrogens with zero attached hydrogens (tertiary/aromatic N) is 5. The van der Waals surface area contributed by atoms with E-state index in [1.54, 1.807) is 25.2 Å². The Morgan fingerprint density at radius 2 is 1.25 bits per heavy atom. The summed E-state index contributed by atoms with van der Waals surface area (Å²) in [6, 6.07) is 19.8. The maximum atomic E-state index is 15.2. The van der Waals surface area contributed by atoms with Crippen molar-refractivity contribution in [3.8, 4) is 34.0 Å². The molecule has 5 heterocycles. The van der Waals surface area contributed by atoms with Crippen molar-refractivity contribution < 1.29 is 30.0 Å². The van der Waals surface area contributed by atoms with Crippen LogP contribution in [0.15, 0.2) is 141 Å². The number of hydrogen-bond donors (Lipinski definition) is 1. The maximum Gasteiger partial charge on any atom is 0.268 e. The van der Waals surface area contributed by atoms with Gasteiger partial charge in [-0.1, -0.05) is 28.1 Å². The van der Waals surface area contributed by atoms with Gasteiger partial charge in [-0.15, -0.1) is 0 Å². The molecule has 2 aromatic carbocycles. The molecule has 1 unspecified atom stereocenters. The number of halogens is 3.